The van der Waals surface area contributed by atoms with E-state index in [1.54, 1.807) is 18.2 Å². The van der Waals surface area contributed by atoms with Crippen molar-refractivity contribution >= 4 is 6.03 Å². The molecule has 0 saturated heterocycles. The maximum absolute atomic E-state index is 12.9. The van der Waals surface area contributed by atoms with Gasteiger partial charge in [-0.25, -0.2) is 9.18 Å². The Hall–Kier alpha value is -1.84. The first-order valence-corrected chi connectivity index (χ1v) is 6.05. The van der Waals surface area contributed by atoms with Gasteiger partial charge in [-0.1, -0.05) is 18.2 Å². The van der Waals surface area contributed by atoms with E-state index in [1.807, 2.05) is 0 Å². The van der Waals surface area contributed by atoms with Crippen LogP contribution in [0.25, 0.3) is 0 Å². The second-order valence-electron chi connectivity index (χ2n) is 4.64. The molecule has 3 nitrogen and oxygen atoms in total. The molecule has 2 N–H and O–H groups in total. The second-order valence-corrected chi connectivity index (χ2v) is 4.64. The zero-order chi connectivity index (χ0) is 13.0. The first-order chi connectivity index (χ1) is 8.66. The summed E-state index contributed by atoms with van der Waals surface area (Å²) in [6.07, 6.45) is 3.69. The van der Waals surface area contributed by atoms with Gasteiger partial charge in [-0.15, -0.1) is 6.58 Å². The van der Waals surface area contributed by atoms with E-state index in [0.717, 1.165) is 18.4 Å². The molecule has 1 saturated carbocycles. The number of nitrogens with one attached hydrogen (secondary N) is 2. The smallest absolute Gasteiger partial charge is 0.315 e. The topological polar surface area (TPSA) is 41.1 Å². The largest absolute Gasteiger partial charge is 0.337 e. The summed E-state index contributed by atoms with van der Waals surface area (Å²) >= 11 is 0. The zero-order valence-corrected chi connectivity index (χ0v) is 10.2. The number of hydrogen-bond acceptors (Lipinski definition) is 1. The van der Waals surface area contributed by atoms with Crippen molar-refractivity contribution in [3.63, 3.8) is 0 Å². The SMILES string of the molecule is C=CCNC(=O)NCC1(c2ccc(F)cc2)CC1. The van der Waals surface area contributed by atoms with Gasteiger partial charge in [-0.2, -0.15) is 0 Å². The molecule has 2 amide bonds. The highest BCUT2D eigenvalue weighted by Crippen LogP contribution is 2.47. The molecule has 0 aromatic heterocycles. The molecule has 1 fully saturated rings. The third-order valence-electron chi connectivity index (χ3n) is 3.30. The summed E-state index contributed by atoms with van der Waals surface area (Å²) in [4.78, 5) is 11.4. The van der Waals surface area contributed by atoms with Crippen molar-refractivity contribution in [3.8, 4) is 0 Å². The van der Waals surface area contributed by atoms with Crippen molar-refractivity contribution in [2.45, 2.75) is 18.3 Å². The fourth-order valence-corrected chi connectivity index (χ4v) is 2.00. The van der Waals surface area contributed by atoms with Gasteiger partial charge in [0.1, 0.15) is 5.82 Å². The Morgan fingerprint density at radius 3 is 2.56 bits per heavy atom. The van der Waals surface area contributed by atoms with Crippen LogP contribution in [-0.4, -0.2) is 19.1 Å². The number of carbonyl (C=O) groups excluding carboxylic acids is 1. The molecule has 0 radical (unpaired) electrons. The molecule has 4 heteroatoms. The Balaban J connectivity index is 1.90. The van der Waals surface area contributed by atoms with Crippen molar-refractivity contribution in [1.82, 2.24) is 10.6 Å². The fourth-order valence-electron chi connectivity index (χ4n) is 2.00. The van der Waals surface area contributed by atoms with Gasteiger partial charge < -0.3 is 10.6 Å². The molecular formula is C14H17FN2O. The fraction of sp³-hybridized carbons (Fsp3) is 0.357. The molecule has 1 aromatic rings. The van der Waals surface area contributed by atoms with Crippen molar-refractivity contribution in [2.24, 2.45) is 0 Å². The molecule has 1 aromatic carbocycles. The maximum Gasteiger partial charge on any atom is 0.315 e. The van der Waals surface area contributed by atoms with Crippen LogP contribution in [0.15, 0.2) is 36.9 Å². The van der Waals surface area contributed by atoms with E-state index in [1.165, 1.54) is 12.1 Å². The minimum atomic E-state index is -0.230. The van der Waals surface area contributed by atoms with E-state index >= 15 is 0 Å². The lowest BCUT2D eigenvalue weighted by atomic mass is 9.96. The van der Waals surface area contributed by atoms with Crippen molar-refractivity contribution in [2.75, 3.05) is 13.1 Å². The summed E-state index contributed by atoms with van der Waals surface area (Å²) < 4.78 is 12.9. The Morgan fingerprint density at radius 2 is 2.00 bits per heavy atom. The molecule has 0 atom stereocenters. The number of benzene rings is 1. The lowest BCUT2D eigenvalue weighted by Gasteiger charge is -2.16. The van der Waals surface area contributed by atoms with Gasteiger partial charge in [-0.05, 0) is 30.5 Å². The predicted octanol–water partition coefficient (Wildman–Crippen LogP) is 2.34. The number of rotatable bonds is 5. The standard InChI is InChI=1S/C14H17FN2O/c1-2-9-16-13(18)17-10-14(7-8-14)11-3-5-12(15)6-4-11/h2-6H,1,7-10H2,(H2,16,17,18). The molecule has 2 rings (SSSR count). The third kappa shape index (κ3) is 2.88. The van der Waals surface area contributed by atoms with Crippen LogP contribution >= 0.6 is 0 Å². The number of urea groups is 1. The van der Waals surface area contributed by atoms with E-state index in [0.29, 0.717) is 13.1 Å². The Kier molecular flexibility index (Phi) is 3.65. The monoisotopic (exact) mass is 248 g/mol. The lowest BCUT2D eigenvalue weighted by molar-refractivity contribution is 0.241. The summed E-state index contributed by atoms with van der Waals surface area (Å²) in [5.41, 5.74) is 1.09. The van der Waals surface area contributed by atoms with Crippen LogP contribution in [0, 0.1) is 5.82 Å². The van der Waals surface area contributed by atoms with Crippen LogP contribution in [0.4, 0.5) is 9.18 Å². The molecule has 18 heavy (non-hydrogen) atoms. The van der Waals surface area contributed by atoms with E-state index in [2.05, 4.69) is 17.2 Å². The Labute approximate surface area is 106 Å². The average molecular weight is 248 g/mol. The predicted molar refractivity (Wildman–Crippen MR) is 68.9 cm³/mol. The first kappa shape index (κ1) is 12.6. The van der Waals surface area contributed by atoms with E-state index < -0.39 is 0 Å². The molecule has 0 spiro atoms. The van der Waals surface area contributed by atoms with Gasteiger partial charge in [0.2, 0.25) is 0 Å². The van der Waals surface area contributed by atoms with Crippen LogP contribution in [0.1, 0.15) is 18.4 Å². The molecule has 96 valence electrons. The highest BCUT2D eigenvalue weighted by Gasteiger charge is 2.44. The summed E-state index contributed by atoms with van der Waals surface area (Å²) in [6, 6.07) is 6.33. The molecule has 0 bridgehead atoms. The van der Waals surface area contributed by atoms with Crippen LogP contribution < -0.4 is 10.6 Å². The molecule has 1 aliphatic rings. The lowest BCUT2D eigenvalue weighted by Crippen LogP contribution is -2.39. The van der Waals surface area contributed by atoms with Crippen molar-refractivity contribution in [3.05, 3.63) is 48.3 Å². The van der Waals surface area contributed by atoms with Gasteiger partial charge in [0.15, 0.2) is 0 Å². The maximum atomic E-state index is 12.9. The number of amides is 2. The highest BCUT2D eigenvalue weighted by molar-refractivity contribution is 5.74. The van der Waals surface area contributed by atoms with Gasteiger partial charge in [0.25, 0.3) is 0 Å². The quantitative estimate of drug-likeness (QED) is 0.772. The first-order valence-electron chi connectivity index (χ1n) is 6.05. The van der Waals surface area contributed by atoms with Gasteiger partial charge in [-0.3, -0.25) is 0 Å². The average Bonchev–Trinajstić information content (AvgIpc) is 3.16. The molecule has 0 heterocycles. The molecule has 0 unspecified atom stereocenters. The highest BCUT2D eigenvalue weighted by atomic mass is 19.1. The van der Waals surface area contributed by atoms with Crippen molar-refractivity contribution < 1.29 is 9.18 Å². The molecule has 1 aliphatic carbocycles. The van der Waals surface area contributed by atoms with Crippen molar-refractivity contribution in [1.29, 1.82) is 0 Å². The summed E-state index contributed by atoms with van der Waals surface area (Å²) in [6.45, 7) is 4.57. The minimum absolute atomic E-state index is 0.000775. The van der Waals surface area contributed by atoms with E-state index in [-0.39, 0.29) is 17.3 Å². The van der Waals surface area contributed by atoms with Crippen LogP contribution in [0.5, 0.6) is 0 Å². The van der Waals surface area contributed by atoms with Gasteiger partial charge in [0, 0.05) is 18.5 Å². The van der Waals surface area contributed by atoms with Crippen LogP contribution in [-0.2, 0) is 5.41 Å². The van der Waals surface area contributed by atoms with E-state index in [9.17, 15) is 9.18 Å². The normalized spacial score (nSPS) is 15.8. The summed E-state index contributed by atoms with van der Waals surface area (Å²) in [5, 5.41) is 5.51. The van der Waals surface area contributed by atoms with E-state index in [4.69, 9.17) is 0 Å². The number of hydrogen-bond donors (Lipinski definition) is 2. The Morgan fingerprint density at radius 1 is 1.33 bits per heavy atom. The Bertz CT molecular complexity index is 438. The number of carbonyl (C=O) groups is 1. The van der Waals surface area contributed by atoms with Crippen LogP contribution in [0.2, 0.25) is 0 Å². The third-order valence-corrected chi connectivity index (χ3v) is 3.30. The van der Waals surface area contributed by atoms with Gasteiger partial charge in [0.05, 0.1) is 0 Å². The van der Waals surface area contributed by atoms with Gasteiger partial charge >= 0.3 is 6.03 Å². The van der Waals surface area contributed by atoms with Crippen LogP contribution in [0.3, 0.4) is 0 Å². The number of halogens is 1. The zero-order valence-electron chi connectivity index (χ0n) is 10.2. The second kappa shape index (κ2) is 5.21. The summed E-state index contributed by atoms with van der Waals surface area (Å²) in [5.74, 6) is -0.230. The molecular weight excluding hydrogens is 231 g/mol. The summed E-state index contributed by atoms with van der Waals surface area (Å²) in [7, 11) is 0. The minimum Gasteiger partial charge on any atom is -0.337 e. The molecule has 0 aliphatic heterocycles.